The summed E-state index contributed by atoms with van der Waals surface area (Å²) in [4.78, 5) is 11.7. The molecule has 2 aliphatic rings. The summed E-state index contributed by atoms with van der Waals surface area (Å²) >= 11 is 2.08. The van der Waals surface area contributed by atoms with Crippen LogP contribution in [0.2, 0.25) is 0 Å². The Morgan fingerprint density at radius 1 is 1.27 bits per heavy atom. The Labute approximate surface area is 178 Å². The van der Waals surface area contributed by atoms with Crippen LogP contribution in [0.4, 0.5) is 0 Å². The lowest BCUT2D eigenvalue weighted by Crippen LogP contribution is -2.57. The topological polar surface area (TPSA) is 70.4 Å². The largest absolute Gasteiger partial charge is 0.357 e. The second kappa shape index (κ2) is 10.7. The van der Waals surface area contributed by atoms with Crippen molar-refractivity contribution in [2.24, 2.45) is 12.0 Å². The number of rotatable bonds is 6. The number of thioether (sulfide) groups is 1. The predicted molar refractivity (Wildman–Crippen MR) is 119 cm³/mol. The first kappa shape index (κ1) is 21.7. The summed E-state index contributed by atoms with van der Waals surface area (Å²) in [6.07, 6.45) is 6.86. The van der Waals surface area contributed by atoms with E-state index in [-0.39, 0.29) is 24.0 Å². The average Bonchev–Trinajstić information content (AvgIpc) is 3.28. The lowest BCUT2D eigenvalue weighted by atomic mass is 9.94. The van der Waals surface area contributed by atoms with Gasteiger partial charge in [-0.1, -0.05) is 12.8 Å². The third kappa shape index (κ3) is 5.48. The van der Waals surface area contributed by atoms with Crippen LogP contribution in [0.1, 0.15) is 38.4 Å². The van der Waals surface area contributed by atoms with Crippen molar-refractivity contribution in [3.63, 3.8) is 0 Å². The second-order valence-corrected chi connectivity index (χ2v) is 8.10. The van der Waals surface area contributed by atoms with Gasteiger partial charge in [0.05, 0.1) is 0 Å². The minimum absolute atomic E-state index is 0. The number of hydrogen-bond donors (Lipinski definition) is 2. The van der Waals surface area contributed by atoms with E-state index in [2.05, 4.69) is 44.3 Å². The molecule has 9 heteroatoms. The van der Waals surface area contributed by atoms with E-state index in [1.165, 1.54) is 50.3 Å². The molecule has 0 atom stereocenters. The van der Waals surface area contributed by atoms with Gasteiger partial charge in [0, 0.05) is 50.3 Å². The van der Waals surface area contributed by atoms with Gasteiger partial charge in [-0.05, 0) is 19.8 Å². The number of hydrogen-bond acceptors (Lipinski definition) is 5. The first-order valence-corrected chi connectivity index (χ1v) is 10.6. The molecule has 0 spiro atoms. The Bertz CT molecular complexity index is 565. The molecule has 1 saturated heterocycles. The van der Waals surface area contributed by atoms with Crippen molar-refractivity contribution in [3.8, 4) is 0 Å². The molecule has 0 bridgehead atoms. The van der Waals surface area contributed by atoms with Gasteiger partial charge >= 0.3 is 0 Å². The van der Waals surface area contributed by atoms with E-state index in [1.807, 2.05) is 7.05 Å². The van der Waals surface area contributed by atoms with Gasteiger partial charge in [0.2, 0.25) is 0 Å². The van der Waals surface area contributed by atoms with E-state index in [9.17, 15) is 0 Å². The number of aromatic nitrogens is 3. The maximum absolute atomic E-state index is 4.70. The lowest BCUT2D eigenvalue weighted by Gasteiger charge is -2.43. The van der Waals surface area contributed by atoms with Crippen molar-refractivity contribution in [2.45, 2.75) is 44.7 Å². The quantitative estimate of drug-likeness (QED) is 0.358. The van der Waals surface area contributed by atoms with Crippen LogP contribution in [0.5, 0.6) is 0 Å². The highest BCUT2D eigenvalue weighted by Crippen LogP contribution is 2.36. The fraction of sp³-hybridized carbons (Fsp3) is 0.824. The highest BCUT2D eigenvalue weighted by Gasteiger charge is 2.39. The number of guanidine groups is 1. The Kier molecular flexibility index (Phi) is 8.95. The lowest BCUT2D eigenvalue weighted by molar-refractivity contribution is 0.107. The van der Waals surface area contributed by atoms with Crippen LogP contribution in [0.25, 0.3) is 0 Å². The van der Waals surface area contributed by atoms with Gasteiger partial charge in [-0.3, -0.25) is 9.58 Å². The Hall–Kier alpha value is -0.550. The van der Waals surface area contributed by atoms with Crippen LogP contribution in [-0.2, 0) is 13.6 Å². The van der Waals surface area contributed by atoms with Gasteiger partial charge in [0.15, 0.2) is 5.96 Å². The van der Waals surface area contributed by atoms with Crippen LogP contribution < -0.4 is 10.6 Å². The fourth-order valence-corrected chi connectivity index (χ4v) is 4.78. The number of halogens is 1. The van der Waals surface area contributed by atoms with Crippen molar-refractivity contribution in [2.75, 3.05) is 37.7 Å². The van der Waals surface area contributed by atoms with Crippen LogP contribution in [0.15, 0.2) is 11.3 Å². The Balaban J connectivity index is 0.00000243. The highest BCUT2D eigenvalue weighted by molar-refractivity contribution is 14.0. The van der Waals surface area contributed by atoms with E-state index < -0.39 is 0 Å². The molecule has 1 aromatic heterocycles. The molecule has 0 amide bonds. The summed E-state index contributed by atoms with van der Waals surface area (Å²) in [5, 5.41) is 11.1. The normalized spacial score (nSPS) is 20.6. The molecule has 0 aromatic carbocycles. The first-order valence-electron chi connectivity index (χ1n) is 9.41. The van der Waals surface area contributed by atoms with E-state index in [0.29, 0.717) is 12.1 Å². The summed E-state index contributed by atoms with van der Waals surface area (Å²) in [7, 11) is 1.90. The molecular weight excluding hydrogens is 461 g/mol. The van der Waals surface area contributed by atoms with E-state index >= 15 is 0 Å². The molecule has 3 rings (SSSR count). The summed E-state index contributed by atoms with van der Waals surface area (Å²) in [5.74, 6) is 4.29. The van der Waals surface area contributed by atoms with Gasteiger partial charge in [0.1, 0.15) is 18.7 Å². The standard InChI is InChI=1S/C17H31N7S.HI/c1-3-18-16(19-12-15-21-14-22-23(15)2)20-13-17(6-4-5-7-17)24-8-10-25-11-9-24;/h14H,3-13H2,1-2H3,(H2,18,19,20);1H. The molecule has 2 fully saturated rings. The third-order valence-electron chi connectivity index (χ3n) is 5.33. The zero-order valence-electron chi connectivity index (χ0n) is 15.9. The molecule has 2 N–H and O–H groups in total. The molecule has 1 aliphatic heterocycles. The van der Waals surface area contributed by atoms with E-state index in [1.54, 1.807) is 11.0 Å². The van der Waals surface area contributed by atoms with E-state index in [4.69, 9.17) is 4.99 Å². The van der Waals surface area contributed by atoms with Gasteiger partial charge < -0.3 is 10.6 Å². The minimum Gasteiger partial charge on any atom is -0.357 e. The summed E-state index contributed by atoms with van der Waals surface area (Å²) in [6, 6.07) is 0. The Morgan fingerprint density at radius 3 is 2.62 bits per heavy atom. The smallest absolute Gasteiger partial charge is 0.191 e. The summed E-state index contributed by atoms with van der Waals surface area (Å²) in [6.45, 7) is 6.92. The molecule has 7 nitrogen and oxygen atoms in total. The number of nitrogens with zero attached hydrogens (tertiary/aromatic N) is 5. The molecule has 0 unspecified atom stereocenters. The molecule has 148 valence electrons. The average molecular weight is 493 g/mol. The van der Waals surface area contributed by atoms with Crippen molar-refractivity contribution in [1.29, 1.82) is 0 Å². The van der Waals surface area contributed by atoms with Crippen LogP contribution in [0, 0.1) is 0 Å². The zero-order valence-corrected chi connectivity index (χ0v) is 19.1. The van der Waals surface area contributed by atoms with Gasteiger partial charge in [-0.25, -0.2) is 9.98 Å². The molecule has 1 saturated carbocycles. The number of nitrogens with one attached hydrogen (secondary N) is 2. The predicted octanol–water partition coefficient (Wildman–Crippen LogP) is 1.85. The molecule has 1 aliphatic carbocycles. The highest BCUT2D eigenvalue weighted by atomic mass is 127. The zero-order chi connectivity index (χ0) is 17.5. The van der Waals surface area contributed by atoms with Crippen LogP contribution in [-0.4, -0.2) is 68.8 Å². The van der Waals surface area contributed by atoms with Crippen LogP contribution in [0.3, 0.4) is 0 Å². The SMILES string of the molecule is CCNC(=NCc1ncnn1C)NCC1(N2CCSCC2)CCCC1.I. The van der Waals surface area contributed by atoms with Gasteiger partial charge in [-0.2, -0.15) is 16.9 Å². The van der Waals surface area contributed by atoms with Crippen molar-refractivity contribution in [1.82, 2.24) is 30.3 Å². The summed E-state index contributed by atoms with van der Waals surface area (Å²) < 4.78 is 1.77. The maximum Gasteiger partial charge on any atom is 0.191 e. The monoisotopic (exact) mass is 493 g/mol. The van der Waals surface area contributed by atoms with Gasteiger partial charge in [-0.15, -0.1) is 24.0 Å². The first-order chi connectivity index (χ1) is 12.2. The second-order valence-electron chi connectivity index (χ2n) is 6.88. The molecule has 0 radical (unpaired) electrons. The maximum atomic E-state index is 4.70. The Morgan fingerprint density at radius 2 is 2.00 bits per heavy atom. The fourth-order valence-electron chi connectivity index (χ4n) is 3.88. The molecule has 2 heterocycles. The van der Waals surface area contributed by atoms with Crippen molar-refractivity contribution >= 4 is 41.7 Å². The van der Waals surface area contributed by atoms with Crippen LogP contribution >= 0.6 is 35.7 Å². The molecule has 26 heavy (non-hydrogen) atoms. The number of aryl methyl sites for hydroxylation is 1. The van der Waals surface area contributed by atoms with Crippen molar-refractivity contribution in [3.05, 3.63) is 12.2 Å². The summed E-state index contributed by atoms with van der Waals surface area (Å²) in [5.41, 5.74) is 0.307. The minimum atomic E-state index is 0. The molecule has 1 aromatic rings. The molecular formula is C17H32IN7S. The van der Waals surface area contributed by atoms with E-state index in [0.717, 1.165) is 24.9 Å². The van der Waals surface area contributed by atoms with Crippen molar-refractivity contribution < 1.29 is 0 Å². The third-order valence-corrected chi connectivity index (χ3v) is 6.27. The van der Waals surface area contributed by atoms with Gasteiger partial charge in [0.25, 0.3) is 0 Å². The number of aliphatic imine (C=N–C) groups is 1.